The fourth-order valence-corrected chi connectivity index (χ4v) is 2.48. The Morgan fingerprint density at radius 2 is 1.84 bits per heavy atom. The maximum absolute atomic E-state index is 12.1. The number of anilines is 1. The van der Waals surface area contributed by atoms with Gasteiger partial charge in [0.05, 0.1) is 0 Å². The van der Waals surface area contributed by atoms with E-state index in [-0.39, 0.29) is 23.2 Å². The average molecular weight is 340 g/mol. The number of ketones is 1. The Hall–Kier alpha value is -2.98. The number of nitrogens with zero attached hydrogens (tertiary/aromatic N) is 1. The van der Waals surface area contributed by atoms with Crippen LogP contribution in [0.4, 0.5) is 5.69 Å². The first-order chi connectivity index (χ1) is 12.0. The van der Waals surface area contributed by atoms with Crippen LogP contribution in [0, 0.1) is 17.2 Å². The molecule has 2 amide bonds. The second kappa shape index (κ2) is 8.76. The van der Waals surface area contributed by atoms with E-state index in [1.807, 2.05) is 0 Å². The summed E-state index contributed by atoms with van der Waals surface area (Å²) >= 11 is 0. The third-order valence-corrected chi connectivity index (χ3v) is 3.98. The van der Waals surface area contributed by atoms with Crippen LogP contribution in [0.1, 0.15) is 30.1 Å². The summed E-state index contributed by atoms with van der Waals surface area (Å²) in [6.45, 7) is 3.02. The van der Waals surface area contributed by atoms with Crippen LogP contribution in [0.5, 0.6) is 0 Å². The van der Waals surface area contributed by atoms with E-state index >= 15 is 0 Å². The highest BCUT2D eigenvalue weighted by Crippen LogP contribution is 2.13. The molecule has 1 aromatic carbocycles. The van der Waals surface area contributed by atoms with Crippen molar-refractivity contribution in [2.45, 2.75) is 19.8 Å². The van der Waals surface area contributed by atoms with Crippen molar-refractivity contribution in [1.82, 2.24) is 10.6 Å². The average Bonchev–Trinajstić information content (AvgIpc) is 2.63. The molecule has 0 aromatic heterocycles. The summed E-state index contributed by atoms with van der Waals surface area (Å²) in [6.07, 6.45) is 2.61. The molecule has 0 aliphatic carbocycles. The molecular weight excluding hydrogens is 320 g/mol. The molecule has 1 fully saturated rings. The van der Waals surface area contributed by atoms with Crippen LogP contribution in [-0.2, 0) is 9.59 Å². The molecule has 0 spiro atoms. The molecule has 1 aromatic rings. The van der Waals surface area contributed by atoms with Crippen LogP contribution >= 0.6 is 0 Å². The normalized spacial score (nSPS) is 15.1. The molecule has 130 valence electrons. The van der Waals surface area contributed by atoms with E-state index in [1.54, 1.807) is 30.3 Å². The Labute approximate surface area is 146 Å². The first-order valence-corrected chi connectivity index (χ1v) is 8.05. The van der Waals surface area contributed by atoms with Crippen molar-refractivity contribution in [3.63, 3.8) is 0 Å². The van der Waals surface area contributed by atoms with Crippen molar-refractivity contribution in [3.8, 4) is 6.07 Å². The molecule has 3 N–H and O–H groups in total. The zero-order valence-corrected chi connectivity index (χ0v) is 14.0. The monoisotopic (exact) mass is 340 g/mol. The molecule has 1 saturated heterocycles. The van der Waals surface area contributed by atoms with E-state index in [2.05, 4.69) is 16.0 Å². The molecule has 0 atom stereocenters. The highest BCUT2D eigenvalue weighted by atomic mass is 16.2. The van der Waals surface area contributed by atoms with Crippen molar-refractivity contribution < 1.29 is 14.4 Å². The van der Waals surface area contributed by atoms with Gasteiger partial charge in [0.15, 0.2) is 5.78 Å². The highest BCUT2D eigenvalue weighted by Gasteiger charge is 2.20. The van der Waals surface area contributed by atoms with Crippen LogP contribution in [0.25, 0.3) is 0 Å². The number of carbonyl (C=O) groups excluding carboxylic acids is 3. The summed E-state index contributed by atoms with van der Waals surface area (Å²) in [5.74, 6) is -0.993. The fraction of sp³-hybridized carbons (Fsp3) is 0.333. The second-order valence-corrected chi connectivity index (χ2v) is 5.79. The second-order valence-electron chi connectivity index (χ2n) is 5.79. The van der Waals surface area contributed by atoms with Crippen molar-refractivity contribution in [2.24, 2.45) is 5.92 Å². The summed E-state index contributed by atoms with van der Waals surface area (Å²) in [6, 6.07) is 8.12. The highest BCUT2D eigenvalue weighted by molar-refractivity contribution is 6.07. The van der Waals surface area contributed by atoms with E-state index in [4.69, 9.17) is 5.26 Å². The van der Waals surface area contributed by atoms with Crippen LogP contribution < -0.4 is 16.0 Å². The summed E-state index contributed by atoms with van der Waals surface area (Å²) in [7, 11) is 0. The molecule has 0 unspecified atom stereocenters. The lowest BCUT2D eigenvalue weighted by Crippen LogP contribution is -2.36. The number of Topliss-reactive ketones (excluding diaryl/α,β-unsaturated/α-hetero) is 1. The van der Waals surface area contributed by atoms with E-state index in [1.165, 1.54) is 6.92 Å². The Kier molecular flexibility index (Phi) is 6.43. The van der Waals surface area contributed by atoms with Crippen LogP contribution in [0.15, 0.2) is 36.0 Å². The van der Waals surface area contributed by atoms with Gasteiger partial charge in [-0.25, -0.2) is 0 Å². The predicted molar refractivity (Wildman–Crippen MR) is 92.5 cm³/mol. The molecule has 7 heteroatoms. The summed E-state index contributed by atoms with van der Waals surface area (Å²) in [4.78, 5) is 35.4. The van der Waals surface area contributed by atoms with Crippen LogP contribution in [0.2, 0.25) is 0 Å². The number of rotatable bonds is 5. The SMILES string of the molecule is CC(=O)c1ccc(NC(=O)/C(C#N)=C\NC(=O)C2CCNCC2)cc1. The molecular formula is C18H20N4O3. The van der Waals surface area contributed by atoms with Crippen molar-refractivity contribution in [3.05, 3.63) is 41.6 Å². The smallest absolute Gasteiger partial charge is 0.267 e. The van der Waals surface area contributed by atoms with E-state index in [0.717, 1.165) is 32.1 Å². The largest absolute Gasteiger partial charge is 0.331 e. The first-order valence-electron chi connectivity index (χ1n) is 8.05. The van der Waals surface area contributed by atoms with Gasteiger partial charge in [-0.05, 0) is 57.1 Å². The number of amides is 2. The number of hydrogen-bond donors (Lipinski definition) is 3. The lowest BCUT2D eigenvalue weighted by molar-refractivity contribution is -0.124. The van der Waals surface area contributed by atoms with Gasteiger partial charge in [-0.15, -0.1) is 0 Å². The molecule has 7 nitrogen and oxygen atoms in total. The Balaban J connectivity index is 1.96. The van der Waals surface area contributed by atoms with Crippen molar-refractivity contribution >= 4 is 23.3 Å². The standard InChI is InChI=1S/C18H20N4O3/c1-12(23)13-2-4-16(5-3-13)22-18(25)15(10-19)11-21-17(24)14-6-8-20-9-7-14/h2-5,11,14,20H,6-9H2,1H3,(H,21,24)(H,22,25)/b15-11-. The zero-order chi connectivity index (χ0) is 18.2. The summed E-state index contributed by atoms with van der Waals surface area (Å²) in [5.41, 5.74) is 0.794. The summed E-state index contributed by atoms with van der Waals surface area (Å²) in [5, 5.41) is 17.4. The van der Waals surface area contributed by atoms with Crippen molar-refractivity contribution in [1.29, 1.82) is 5.26 Å². The van der Waals surface area contributed by atoms with Gasteiger partial charge in [0.25, 0.3) is 5.91 Å². The number of nitrogens with one attached hydrogen (secondary N) is 3. The first kappa shape index (κ1) is 18.4. The minimum absolute atomic E-state index is 0.0730. The van der Waals surface area contributed by atoms with Crippen molar-refractivity contribution in [2.75, 3.05) is 18.4 Å². The molecule has 0 saturated carbocycles. The topological polar surface area (TPSA) is 111 Å². The lowest BCUT2D eigenvalue weighted by atomic mass is 9.97. The van der Waals surface area contributed by atoms with Gasteiger partial charge in [-0.2, -0.15) is 5.26 Å². The minimum atomic E-state index is -0.622. The number of piperidine rings is 1. The maximum Gasteiger partial charge on any atom is 0.267 e. The van der Waals surface area contributed by atoms with E-state index in [0.29, 0.717) is 11.3 Å². The third-order valence-electron chi connectivity index (χ3n) is 3.98. The molecule has 2 rings (SSSR count). The Morgan fingerprint density at radius 1 is 1.20 bits per heavy atom. The number of nitriles is 1. The molecule has 1 aliphatic rings. The quantitative estimate of drug-likeness (QED) is 0.426. The van der Waals surface area contributed by atoms with Gasteiger partial charge in [0.2, 0.25) is 5.91 Å². The van der Waals surface area contributed by atoms with Crippen LogP contribution in [0.3, 0.4) is 0 Å². The zero-order valence-electron chi connectivity index (χ0n) is 14.0. The number of carbonyl (C=O) groups is 3. The summed E-state index contributed by atoms with van der Waals surface area (Å²) < 4.78 is 0. The van der Waals surface area contributed by atoms with Gasteiger partial charge < -0.3 is 16.0 Å². The molecule has 1 aliphatic heterocycles. The van der Waals surface area contributed by atoms with Gasteiger partial charge in [0, 0.05) is 23.4 Å². The third kappa shape index (κ3) is 5.26. The Bertz CT molecular complexity index is 726. The Morgan fingerprint density at radius 3 is 2.40 bits per heavy atom. The number of hydrogen-bond acceptors (Lipinski definition) is 5. The maximum atomic E-state index is 12.1. The van der Waals surface area contributed by atoms with E-state index < -0.39 is 5.91 Å². The minimum Gasteiger partial charge on any atom is -0.331 e. The molecule has 0 radical (unpaired) electrons. The van der Waals surface area contributed by atoms with Gasteiger partial charge in [-0.3, -0.25) is 14.4 Å². The lowest BCUT2D eigenvalue weighted by Gasteiger charge is -2.20. The van der Waals surface area contributed by atoms with Gasteiger partial charge in [0.1, 0.15) is 11.6 Å². The number of benzene rings is 1. The fourth-order valence-electron chi connectivity index (χ4n) is 2.48. The molecule has 0 bridgehead atoms. The van der Waals surface area contributed by atoms with Gasteiger partial charge in [-0.1, -0.05) is 0 Å². The molecule has 25 heavy (non-hydrogen) atoms. The van der Waals surface area contributed by atoms with Gasteiger partial charge >= 0.3 is 0 Å². The predicted octanol–water partition coefficient (Wildman–Crippen LogP) is 1.35. The molecule has 1 heterocycles. The van der Waals surface area contributed by atoms with Crippen LogP contribution in [-0.4, -0.2) is 30.7 Å². The van der Waals surface area contributed by atoms with E-state index in [9.17, 15) is 14.4 Å².